The number of aliphatic hydroxyl groups is 1. The van der Waals surface area contributed by atoms with E-state index in [1.165, 1.54) is 5.56 Å². The van der Waals surface area contributed by atoms with Crippen LogP contribution in [0, 0.1) is 5.92 Å². The van der Waals surface area contributed by atoms with Crippen LogP contribution in [-0.4, -0.2) is 17.7 Å². The Bertz CT molecular complexity index is 484. The molecule has 0 heterocycles. The molecular weight excluding hydrogens is 288 g/mol. The molecule has 0 unspecified atom stereocenters. The van der Waals surface area contributed by atoms with Gasteiger partial charge in [-0.1, -0.05) is 51.0 Å². The predicted octanol–water partition coefficient (Wildman–Crippen LogP) is 4.36. The van der Waals surface area contributed by atoms with E-state index in [-0.39, 0.29) is 11.9 Å². The van der Waals surface area contributed by atoms with Gasteiger partial charge in [0.2, 0.25) is 0 Å². The van der Waals surface area contributed by atoms with Gasteiger partial charge in [-0.15, -0.1) is 0 Å². The van der Waals surface area contributed by atoms with E-state index < -0.39 is 5.60 Å². The van der Waals surface area contributed by atoms with Crippen molar-refractivity contribution in [2.75, 3.05) is 6.61 Å². The molecule has 1 N–H and O–H groups in total. The fourth-order valence-electron chi connectivity index (χ4n) is 3.31. The molecule has 0 atom stereocenters. The van der Waals surface area contributed by atoms with Crippen molar-refractivity contribution < 1.29 is 14.6 Å². The van der Waals surface area contributed by atoms with Gasteiger partial charge in [0.1, 0.15) is 0 Å². The summed E-state index contributed by atoms with van der Waals surface area (Å²) in [5.41, 5.74) is 1.47. The third-order valence-electron chi connectivity index (χ3n) is 5.04. The second-order valence-corrected chi connectivity index (χ2v) is 6.73. The second kappa shape index (κ2) is 8.49. The van der Waals surface area contributed by atoms with Crippen molar-refractivity contribution in [3.8, 4) is 0 Å². The van der Waals surface area contributed by atoms with Crippen LogP contribution in [0.3, 0.4) is 0 Å². The summed E-state index contributed by atoms with van der Waals surface area (Å²) in [6.45, 7) is 4.80. The average Bonchev–Trinajstić information content (AvgIpc) is 2.59. The zero-order valence-corrected chi connectivity index (χ0v) is 14.5. The Morgan fingerprint density at radius 1 is 1.17 bits per heavy atom. The van der Waals surface area contributed by atoms with Crippen LogP contribution in [0.15, 0.2) is 24.3 Å². The van der Waals surface area contributed by atoms with Crippen molar-refractivity contribution in [1.29, 1.82) is 0 Å². The van der Waals surface area contributed by atoms with E-state index in [0.717, 1.165) is 31.2 Å². The molecule has 1 aromatic rings. The normalized spacial score (nSPS) is 24.4. The Morgan fingerprint density at radius 3 is 2.39 bits per heavy atom. The first-order chi connectivity index (χ1) is 11.1. The summed E-state index contributed by atoms with van der Waals surface area (Å²) in [5, 5.41) is 10.9. The third kappa shape index (κ3) is 4.81. The minimum Gasteiger partial charge on any atom is -0.465 e. The van der Waals surface area contributed by atoms with Crippen molar-refractivity contribution >= 4 is 5.97 Å². The van der Waals surface area contributed by atoms with Gasteiger partial charge in [0.25, 0.3) is 0 Å². The Hall–Kier alpha value is -1.35. The Kier molecular flexibility index (Phi) is 6.64. The van der Waals surface area contributed by atoms with Gasteiger partial charge in [0.15, 0.2) is 0 Å². The van der Waals surface area contributed by atoms with E-state index in [0.29, 0.717) is 32.3 Å². The summed E-state index contributed by atoms with van der Waals surface area (Å²) in [7, 11) is 0. The molecule has 3 nitrogen and oxygen atoms in total. The van der Waals surface area contributed by atoms with Gasteiger partial charge in [-0.25, -0.2) is 0 Å². The average molecular weight is 318 g/mol. The zero-order valence-electron chi connectivity index (χ0n) is 14.5. The highest BCUT2D eigenvalue weighted by Crippen LogP contribution is 2.39. The van der Waals surface area contributed by atoms with Gasteiger partial charge < -0.3 is 9.84 Å². The smallest absolute Gasteiger partial charge is 0.308 e. The highest BCUT2D eigenvalue weighted by atomic mass is 16.5. The number of rotatable bonds is 7. The van der Waals surface area contributed by atoms with Gasteiger partial charge in [-0.3, -0.25) is 4.79 Å². The molecule has 1 saturated carbocycles. The highest BCUT2D eigenvalue weighted by Gasteiger charge is 2.37. The van der Waals surface area contributed by atoms with Crippen LogP contribution >= 0.6 is 0 Å². The summed E-state index contributed by atoms with van der Waals surface area (Å²) in [4.78, 5) is 12.1. The van der Waals surface area contributed by atoms with E-state index in [4.69, 9.17) is 4.74 Å². The van der Waals surface area contributed by atoms with Crippen molar-refractivity contribution in [1.82, 2.24) is 0 Å². The molecule has 128 valence electrons. The van der Waals surface area contributed by atoms with E-state index in [1.807, 2.05) is 12.1 Å². The molecule has 0 radical (unpaired) electrons. The lowest BCUT2D eigenvalue weighted by atomic mass is 9.75. The molecule has 3 heteroatoms. The van der Waals surface area contributed by atoms with E-state index >= 15 is 0 Å². The van der Waals surface area contributed by atoms with Crippen LogP contribution in [0.5, 0.6) is 0 Å². The number of carbonyl (C=O) groups is 1. The predicted molar refractivity (Wildman–Crippen MR) is 92.2 cm³/mol. The number of carbonyl (C=O) groups excluding carboxylic acids is 1. The number of hydrogen-bond donors (Lipinski definition) is 1. The molecule has 0 bridgehead atoms. The highest BCUT2D eigenvalue weighted by molar-refractivity contribution is 5.72. The number of unbranched alkanes of at least 4 members (excludes halogenated alkanes) is 2. The molecule has 0 amide bonds. The number of hydrogen-bond acceptors (Lipinski definition) is 3. The lowest BCUT2D eigenvalue weighted by Crippen LogP contribution is -2.34. The quantitative estimate of drug-likeness (QED) is 0.600. The first-order valence-corrected chi connectivity index (χ1v) is 9.07. The molecule has 0 aromatic heterocycles. The maximum atomic E-state index is 12.1. The summed E-state index contributed by atoms with van der Waals surface area (Å²) in [6, 6.07) is 8.23. The SMILES string of the molecule is CCCCCOC(=O)C1CCC(O)(c2ccc(CC)cc2)CC1. The number of ether oxygens (including phenoxy) is 1. The number of aryl methyl sites for hydroxylation is 1. The largest absolute Gasteiger partial charge is 0.465 e. The van der Waals surface area contributed by atoms with Crippen LogP contribution in [-0.2, 0) is 21.6 Å². The van der Waals surface area contributed by atoms with Crippen molar-refractivity contribution in [3.05, 3.63) is 35.4 Å². The second-order valence-electron chi connectivity index (χ2n) is 6.73. The maximum Gasteiger partial charge on any atom is 0.308 e. The first-order valence-electron chi connectivity index (χ1n) is 9.07. The van der Waals surface area contributed by atoms with E-state index in [1.54, 1.807) is 0 Å². The van der Waals surface area contributed by atoms with Gasteiger partial charge in [-0.2, -0.15) is 0 Å². The van der Waals surface area contributed by atoms with Crippen molar-refractivity contribution in [3.63, 3.8) is 0 Å². The summed E-state index contributed by atoms with van der Waals surface area (Å²) in [6.07, 6.45) is 6.86. The minimum absolute atomic E-state index is 0.0492. The molecule has 1 aliphatic rings. The van der Waals surface area contributed by atoms with Gasteiger partial charge in [-0.05, 0) is 49.7 Å². The van der Waals surface area contributed by atoms with Gasteiger partial charge in [0.05, 0.1) is 18.1 Å². The van der Waals surface area contributed by atoms with Crippen LogP contribution in [0.25, 0.3) is 0 Å². The molecule has 1 aromatic carbocycles. The van der Waals surface area contributed by atoms with Gasteiger partial charge in [0, 0.05) is 0 Å². The molecule has 1 fully saturated rings. The Morgan fingerprint density at radius 2 is 1.83 bits per heavy atom. The van der Waals surface area contributed by atoms with Crippen LogP contribution in [0.2, 0.25) is 0 Å². The van der Waals surface area contributed by atoms with E-state index in [9.17, 15) is 9.90 Å². The molecule has 23 heavy (non-hydrogen) atoms. The fourth-order valence-corrected chi connectivity index (χ4v) is 3.31. The molecule has 0 spiro atoms. The molecule has 0 saturated heterocycles. The third-order valence-corrected chi connectivity index (χ3v) is 5.04. The van der Waals surface area contributed by atoms with E-state index in [2.05, 4.69) is 26.0 Å². The lowest BCUT2D eigenvalue weighted by Gasteiger charge is -2.35. The minimum atomic E-state index is -0.786. The topological polar surface area (TPSA) is 46.5 Å². The molecule has 2 rings (SSSR count). The Labute approximate surface area is 140 Å². The van der Waals surface area contributed by atoms with Crippen molar-refractivity contribution in [2.24, 2.45) is 5.92 Å². The van der Waals surface area contributed by atoms with Crippen LogP contribution in [0.1, 0.15) is 69.9 Å². The summed E-state index contributed by atoms with van der Waals surface area (Å²) in [5.74, 6) is -0.128. The van der Waals surface area contributed by atoms with Crippen LogP contribution < -0.4 is 0 Å². The number of benzene rings is 1. The summed E-state index contributed by atoms with van der Waals surface area (Å²) < 4.78 is 5.37. The molecular formula is C20H30O3. The van der Waals surface area contributed by atoms with Crippen molar-refractivity contribution in [2.45, 2.75) is 70.8 Å². The molecule has 0 aliphatic heterocycles. The monoisotopic (exact) mass is 318 g/mol. The number of esters is 1. The first kappa shape index (κ1) is 18.0. The van der Waals surface area contributed by atoms with Crippen LogP contribution in [0.4, 0.5) is 0 Å². The standard InChI is InChI=1S/C20H30O3/c1-3-5-6-15-23-19(21)17-11-13-20(22,14-12-17)18-9-7-16(4-2)8-10-18/h7-10,17,22H,3-6,11-15H2,1-2H3. The van der Waals surface area contributed by atoms with Gasteiger partial charge >= 0.3 is 5.97 Å². The zero-order chi connectivity index (χ0) is 16.7. The Balaban J connectivity index is 1.85. The molecule has 1 aliphatic carbocycles. The maximum absolute atomic E-state index is 12.1. The summed E-state index contributed by atoms with van der Waals surface area (Å²) >= 11 is 0. The fraction of sp³-hybridized carbons (Fsp3) is 0.650. The lowest BCUT2D eigenvalue weighted by molar-refractivity contribution is -0.152.